The topological polar surface area (TPSA) is 31.4 Å². The minimum atomic E-state index is 0.539. The zero-order chi connectivity index (χ0) is 10.5. The van der Waals surface area contributed by atoms with Crippen LogP contribution in [0.4, 0.5) is 0 Å². The summed E-state index contributed by atoms with van der Waals surface area (Å²) in [5, 5.41) is 0. The van der Waals surface area contributed by atoms with Crippen molar-refractivity contribution in [1.82, 2.24) is 4.98 Å². The highest BCUT2D eigenvalue weighted by molar-refractivity contribution is 5.17. The van der Waals surface area contributed by atoms with E-state index in [4.69, 9.17) is 9.47 Å². The Morgan fingerprint density at radius 2 is 2.47 bits per heavy atom. The molecule has 1 aliphatic heterocycles. The van der Waals surface area contributed by atoms with Gasteiger partial charge < -0.3 is 9.47 Å². The van der Waals surface area contributed by atoms with E-state index >= 15 is 0 Å². The highest BCUT2D eigenvalue weighted by atomic mass is 16.5. The molecular weight excluding hydrogens is 190 g/mol. The van der Waals surface area contributed by atoms with Crippen molar-refractivity contribution in [1.29, 1.82) is 0 Å². The number of hydrogen-bond acceptors (Lipinski definition) is 3. The lowest BCUT2D eigenvalue weighted by Crippen LogP contribution is -2.12. The van der Waals surface area contributed by atoms with Crippen LogP contribution in [0.2, 0.25) is 0 Å². The second-order valence-electron chi connectivity index (χ2n) is 3.90. The van der Waals surface area contributed by atoms with E-state index in [9.17, 15) is 0 Å². The molecule has 0 N–H and O–H groups in total. The van der Waals surface area contributed by atoms with Crippen molar-refractivity contribution < 1.29 is 9.47 Å². The summed E-state index contributed by atoms with van der Waals surface area (Å²) in [7, 11) is 0. The maximum absolute atomic E-state index is 5.60. The number of nitrogens with zero attached hydrogens (tertiary/aromatic N) is 1. The molecule has 3 heteroatoms. The molecule has 0 bridgehead atoms. The smallest absolute Gasteiger partial charge is 0.213 e. The number of hydrogen-bond donors (Lipinski definition) is 0. The molecule has 1 atom stereocenters. The quantitative estimate of drug-likeness (QED) is 0.757. The van der Waals surface area contributed by atoms with Gasteiger partial charge in [-0.25, -0.2) is 4.98 Å². The molecule has 0 radical (unpaired) electrons. The highest BCUT2D eigenvalue weighted by Gasteiger charge is 2.16. The van der Waals surface area contributed by atoms with Gasteiger partial charge in [0, 0.05) is 24.8 Å². The first-order valence-electron chi connectivity index (χ1n) is 5.54. The molecular formula is C12H17NO2. The van der Waals surface area contributed by atoms with Crippen LogP contribution < -0.4 is 4.74 Å². The molecule has 1 aromatic heterocycles. The van der Waals surface area contributed by atoms with Crippen LogP contribution >= 0.6 is 0 Å². The maximum Gasteiger partial charge on any atom is 0.213 e. The molecule has 0 aromatic carbocycles. The maximum atomic E-state index is 5.60. The molecule has 0 aliphatic carbocycles. The average molecular weight is 207 g/mol. The van der Waals surface area contributed by atoms with Crippen LogP contribution in [0.15, 0.2) is 18.3 Å². The predicted molar refractivity (Wildman–Crippen MR) is 58.0 cm³/mol. The van der Waals surface area contributed by atoms with Crippen LogP contribution in [-0.2, 0) is 11.2 Å². The monoisotopic (exact) mass is 207 g/mol. The molecule has 0 amide bonds. The van der Waals surface area contributed by atoms with Gasteiger partial charge in [0.05, 0.1) is 13.2 Å². The van der Waals surface area contributed by atoms with Crippen molar-refractivity contribution in [3.63, 3.8) is 0 Å². The second kappa shape index (κ2) is 5.12. The molecule has 2 rings (SSSR count). The van der Waals surface area contributed by atoms with Gasteiger partial charge in [-0.1, -0.05) is 13.0 Å². The van der Waals surface area contributed by atoms with Crippen molar-refractivity contribution in [3.05, 3.63) is 23.9 Å². The lowest BCUT2D eigenvalue weighted by molar-refractivity contribution is 0.165. The SMILES string of the molecule is CCc1ccc(OCC2CCOC2)nc1. The van der Waals surface area contributed by atoms with E-state index in [1.807, 2.05) is 12.3 Å². The summed E-state index contributed by atoms with van der Waals surface area (Å²) in [5.41, 5.74) is 1.24. The van der Waals surface area contributed by atoms with E-state index in [-0.39, 0.29) is 0 Å². The Morgan fingerprint density at radius 1 is 1.53 bits per heavy atom. The summed E-state index contributed by atoms with van der Waals surface area (Å²) in [4.78, 5) is 4.25. The average Bonchev–Trinajstić information content (AvgIpc) is 2.80. The standard InChI is InChI=1S/C12H17NO2/c1-2-10-3-4-12(13-7-10)15-9-11-5-6-14-8-11/h3-4,7,11H,2,5-6,8-9H2,1H3. The van der Waals surface area contributed by atoms with Gasteiger partial charge in [-0.2, -0.15) is 0 Å². The molecule has 1 aliphatic rings. The Balaban J connectivity index is 1.82. The lowest BCUT2D eigenvalue weighted by Gasteiger charge is -2.09. The van der Waals surface area contributed by atoms with Gasteiger partial charge in [-0.15, -0.1) is 0 Å². The van der Waals surface area contributed by atoms with Gasteiger partial charge in [0.25, 0.3) is 0 Å². The normalized spacial score (nSPS) is 20.5. The number of aromatic nitrogens is 1. The second-order valence-corrected chi connectivity index (χ2v) is 3.90. The molecule has 0 spiro atoms. The van der Waals surface area contributed by atoms with Crippen LogP contribution in [0.3, 0.4) is 0 Å². The fourth-order valence-corrected chi connectivity index (χ4v) is 1.62. The Morgan fingerprint density at radius 3 is 3.07 bits per heavy atom. The van der Waals surface area contributed by atoms with Crippen molar-refractivity contribution in [2.75, 3.05) is 19.8 Å². The van der Waals surface area contributed by atoms with Crippen LogP contribution in [0.1, 0.15) is 18.9 Å². The Kier molecular flexibility index (Phi) is 3.56. The van der Waals surface area contributed by atoms with E-state index in [1.54, 1.807) is 0 Å². The summed E-state index contributed by atoms with van der Waals surface area (Å²) in [6.07, 6.45) is 4.00. The highest BCUT2D eigenvalue weighted by Crippen LogP contribution is 2.15. The molecule has 3 nitrogen and oxygen atoms in total. The van der Waals surface area contributed by atoms with Gasteiger partial charge in [0.1, 0.15) is 0 Å². The lowest BCUT2D eigenvalue weighted by atomic mass is 10.1. The van der Waals surface area contributed by atoms with Crippen LogP contribution in [-0.4, -0.2) is 24.8 Å². The number of aryl methyl sites for hydroxylation is 1. The summed E-state index contributed by atoms with van der Waals surface area (Å²) < 4.78 is 10.9. The van der Waals surface area contributed by atoms with Crippen molar-refractivity contribution in [2.24, 2.45) is 5.92 Å². The van der Waals surface area contributed by atoms with Gasteiger partial charge >= 0.3 is 0 Å². The molecule has 1 aromatic rings. The van der Waals surface area contributed by atoms with Gasteiger partial charge in [-0.05, 0) is 18.4 Å². The minimum Gasteiger partial charge on any atom is -0.477 e. The Hall–Kier alpha value is -1.09. The van der Waals surface area contributed by atoms with Crippen molar-refractivity contribution in [3.8, 4) is 5.88 Å². The van der Waals surface area contributed by atoms with E-state index in [0.29, 0.717) is 5.92 Å². The van der Waals surface area contributed by atoms with E-state index in [1.165, 1.54) is 5.56 Å². The third kappa shape index (κ3) is 2.93. The molecule has 0 saturated carbocycles. The van der Waals surface area contributed by atoms with Crippen LogP contribution in [0.25, 0.3) is 0 Å². The summed E-state index contributed by atoms with van der Waals surface area (Å²) in [5.74, 6) is 1.26. The van der Waals surface area contributed by atoms with Crippen LogP contribution in [0, 0.1) is 5.92 Å². The van der Waals surface area contributed by atoms with Gasteiger partial charge in [0.2, 0.25) is 5.88 Å². The third-order valence-electron chi connectivity index (χ3n) is 2.70. The summed E-state index contributed by atoms with van der Waals surface area (Å²) in [6, 6.07) is 4.00. The molecule has 82 valence electrons. The first-order valence-corrected chi connectivity index (χ1v) is 5.54. The number of rotatable bonds is 4. The van der Waals surface area contributed by atoms with Gasteiger partial charge in [0.15, 0.2) is 0 Å². The largest absolute Gasteiger partial charge is 0.477 e. The first kappa shape index (κ1) is 10.4. The first-order chi connectivity index (χ1) is 7.38. The van der Waals surface area contributed by atoms with Crippen molar-refractivity contribution in [2.45, 2.75) is 19.8 Å². The van der Waals surface area contributed by atoms with Crippen molar-refractivity contribution >= 4 is 0 Å². The minimum absolute atomic E-state index is 0.539. The summed E-state index contributed by atoms with van der Waals surface area (Å²) >= 11 is 0. The third-order valence-corrected chi connectivity index (χ3v) is 2.70. The van der Waals surface area contributed by atoms with Gasteiger partial charge in [-0.3, -0.25) is 0 Å². The summed E-state index contributed by atoms with van der Waals surface area (Å²) in [6.45, 7) is 4.54. The van der Waals surface area contributed by atoms with Crippen LogP contribution in [0.5, 0.6) is 5.88 Å². The molecule has 1 unspecified atom stereocenters. The molecule has 2 heterocycles. The van der Waals surface area contributed by atoms with E-state index < -0.39 is 0 Å². The number of pyridine rings is 1. The zero-order valence-electron chi connectivity index (χ0n) is 9.11. The Labute approximate surface area is 90.4 Å². The zero-order valence-corrected chi connectivity index (χ0v) is 9.11. The fourth-order valence-electron chi connectivity index (χ4n) is 1.62. The number of ether oxygens (including phenoxy) is 2. The predicted octanol–water partition coefficient (Wildman–Crippen LogP) is 2.06. The molecule has 15 heavy (non-hydrogen) atoms. The van der Waals surface area contributed by atoms with E-state index in [0.717, 1.165) is 38.5 Å². The molecule has 1 saturated heterocycles. The fraction of sp³-hybridized carbons (Fsp3) is 0.583. The Bertz CT molecular complexity index is 291. The molecule has 1 fully saturated rings. The van der Waals surface area contributed by atoms with E-state index in [2.05, 4.69) is 18.0 Å².